The van der Waals surface area contributed by atoms with Crippen molar-refractivity contribution in [2.75, 3.05) is 6.54 Å². The average Bonchev–Trinajstić information content (AvgIpc) is 3.30. The first-order chi connectivity index (χ1) is 13.5. The van der Waals surface area contributed by atoms with Gasteiger partial charge in [0.05, 0.1) is 16.5 Å². The molecule has 1 N–H and O–H groups in total. The average molecular weight is 400 g/mol. The molecule has 0 radical (unpaired) electrons. The van der Waals surface area contributed by atoms with E-state index in [0.29, 0.717) is 6.54 Å². The Balaban J connectivity index is 2.05. The summed E-state index contributed by atoms with van der Waals surface area (Å²) in [5.41, 5.74) is 0.169. The molecule has 0 bridgehead atoms. The number of Topliss-reactive ketones (excluding diaryl/α,β-unsaturated/α-hetero) is 1. The molecule has 3 rings (SSSR count). The number of unbranched alkanes of at least 4 members (excludes halogenated alkanes) is 2. The van der Waals surface area contributed by atoms with Crippen LogP contribution in [0.1, 0.15) is 42.7 Å². The van der Waals surface area contributed by atoms with Gasteiger partial charge in [-0.2, -0.15) is 0 Å². The smallest absolute Gasteiger partial charge is 0.295 e. The van der Waals surface area contributed by atoms with Gasteiger partial charge in [-0.05, 0) is 30.0 Å². The van der Waals surface area contributed by atoms with Gasteiger partial charge < -0.3 is 10.0 Å². The third kappa shape index (κ3) is 3.68. The summed E-state index contributed by atoms with van der Waals surface area (Å²) >= 11 is 1.41. The van der Waals surface area contributed by atoms with Crippen molar-refractivity contribution in [3.8, 4) is 0 Å². The molecule has 28 heavy (non-hydrogen) atoms. The number of nitrogens with zero attached hydrogens (tertiary/aromatic N) is 2. The second kappa shape index (κ2) is 8.35. The third-order valence-electron chi connectivity index (χ3n) is 4.71. The van der Waals surface area contributed by atoms with Gasteiger partial charge in [0.15, 0.2) is 0 Å². The van der Waals surface area contributed by atoms with E-state index >= 15 is 0 Å². The second-order valence-corrected chi connectivity index (χ2v) is 7.50. The number of hydrogen-bond donors (Lipinski definition) is 1. The quantitative estimate of drug-likeness (QED) is 0.187. The van der Waals surface area contributed by atoms with E-state index in [1.807, 2.05) is 17.5 Å². The van der Waals surface area contributed by atoms with Gasteiger partial charge in [-0.15, -0.1) is 11.3 Å². The predicted octanol–water partition coefficient (Wildman–Crippen LogP) is 4.27. The van der Waals surface area contributed by atoms with Crippen molar-refractivity contribution >= 4 is 34.5 Å². The van der Waals surface area contributed by atoms with Crippen LogP contribution in [0.25, 0.3) is 5.76 Å². The van der Waals surface area contributed by atoms with Crippen LogP contribution in [-0.2, 0) is 9.59 Å². The highest BCUT2D eigenvalue weighted by Crippen LogP contribution is 2.41. The highest BCUT2D eigenvalue weighted by Gasteiger charge is 2.46. The molecule has 1 atom stereocenters. The fraction of sp³-hybridized carbons (Fsp3) is 0.300. The Morgan fingerprint density at radius 1 is 1.21 bits per heavy atom. The number of nitro groups is 1. The standard InChI is InChI=1S/C20H20N2O5S/c1-2-3-4-11-21-17(15-6-5-12-28-15)16(19(24)20(21)25)18(23)13-7-9-14(10-8-13)22(26)27/h5-10,12,17,23H,2-4,11H2,1H3/b18-16-. The number of rotatable bonds is 7. The summed E-state index contributed by atoms with van der Waals surface area (Å²) in [5.74, 6) is -1.67. The van der Waals surface area contributed by atoms with Crippen LogP contribution < -0.4 is 0 Å². The molecular weight excluding hydrogens is 380 g/mol. The number of benzene rings is 1. The molecule has 7 nitrogen and oxygen atoms in total. The number of carbonyl (C=O) groups excluding carboxylic acids is 2. The van der Waals surface area contributed by atoms with Gasteiger partial charge >= 0.3 is 0 Å². The molecular formula is C20H20N2O5S. The van der Waals surface area contributed by atoms with Crippen molar-refractivity contribution in [1.82, 2.24) is 4.90 Å². The molecule has 8 heteroatoms. The summed E-state index contributed by atoms with van der Waals surface area (Å²) in [5, 5.41) is 23.5. The van der Waals surface area contributed by atoms with Crippen LogP contribution in [-0.4, -0.2) is 33.2 Å². The van der Waals surface area contributed by atoms with Crippen LogP contribution in [0.2, 0.25) is 0 Å². The van der Waals surface area contributed by atoms with E-state index in [4.69, 9.17) is 0 Å². The summed E-state index contributed by atoms with van der Waals surface area (Å²) in [7, 11) is 0. The van der Waals surface area contributed by atoms with E-state index in [9.17, 15) is 24.8 Å². The van der Waals surface area contributed by atoms with E-state index in [2.05, 4.69) is 6.92 Å². The maximum atomic E-state index is 12.7. The lowest BCUT2D eigenvalue weighted by atomic mass is 9.99. The van der Waals surface area contributed by atoms with Crippen molar-refractivity contribution in [2.45, 2.75) is 32.2 Å². The molecule has 2 aromatic rings. The minimum Gasteiger partial charge on any atom is -0.507 e. The molecule has 1 unspecified atom stereocenters. The number of nitro benzene ring substituents is 1. The molecule has 1 aliphatic heterocycles. The topological polar surface area (TPSA) is 101 Å². The van der Waals surface area contributed by atoms with Crippen LogP contribution in [0.5, 0.6) is 0 Å². The van der Waals surface area contributed by atoms with Crippen molar-refractivity contribution < 1.29 is 19.6 Å². The molecule has 1 aromatic carbocycles. The van der Waals surface area contributed by atoms with Crippen LogP contribution in [0.4, 0.5) is 5.69 Å². The Morgan fingerprint density at radius 2 is 1.93 bits per heavy atom. The Kier molecular flexibility index (Phi) is 5.89. The number of amides is 1. The Labute approximate surface area is 166 Å². The zero-order valence-electron chi connectivity index (χ0n) is 15.3. The van der Waals surface area contributed by atoms with Crippen molar-refractivity contribution in [1.29, 1.82) is 0 Å². The number of aliphatic hydroxyl groups excluding tert-OH is 1. The Morgan fingerprint density at radius 3 is 2.50 bits per heavy atom. The zero-order valence-corrected chi connectivity index (χ0v) is 16.1. The first kappa shape index (κ1) is 19.8. The van der Waals surface area contributed by atoms with Crippen molar-refractivity contribution in [3.05, 3.63) is 67.9 Å². The van der Waals surface area contributed by atoms with E-state index < -0.39 is 22.7 Å². The predicted molar refractivity (Wildman–Crippen MR) is 106 cm³/mol. The van der Waals surface area contributed by atoms with E-state index in [0.717, 1.165) is 24.1 Å². The molecule has 1 aliphatic rings. The van der Waals surface area contributed by atoms with Crippen molar-refractivity contribution in [2.24, 2.45) is 0 Å². The SMILES string of the molecule is CCCCCN1C(=O)C(=O)/C(=C(\O)c2ccc([N+](=O)[O-])cc2)C1c1cccs1. The number of aliphatic hydroxyl groups is 1. The van der Waals surface area contributed by atoms with E-state index in [-0.39, 0.29) is 22.6 Å². The molecule has 146 valence electrons. The van der Waals surface area contributed by atoms with Gasteiger partial charge in [0, 0.05) is 29.1 Å². The molecule has 1 aromatic heterocycles. The van der Waals surface area contributed by atoms with Gasteiger partial charge in [-0.25, -0.2) is 0 Å². The van der Waals surface area contributed by atoms with E-state index in [1.165, 1.54) is 40.5 Å². The van der Waals surface area contributed by atoms with E-state index in [1.54, 1.807) is 0 Å². The normalized spacial score (nSPS) is 18.6. The maximum Gasteiger partial charge on any atom is 0.295 e. The monoisotopic (exact) mass is 400 g/mol. The van der Waals surface area contributed by atoms with Gasteiger partial charge in [0.2, 0.25) is 0 Å². The maximum absolute atomic E-state index is 12.7. The fourth-order valence-electron chi connectivity index (χ4n) is 3.28. The summed E-state index contributed by atoms with van der Waals surface area (Å²) in [6.45, 7) is 2.48. The first-order valence-electron chi connectivity index (χ1n) is 9.02. The van der Waals surface area contributed by atoms with Crippen LogP contribution >= 0.6 is 11.3 Å². The summed E-state index contributed by atoms with van der Waals surface area (Å²) in [6.07, 6.45) is 2.68. The van der Waals surface area contributed by atoms with Gasteiger partial charge in [-0.3, -0.25) is 19.7 Å². The minimum absolute atomic E-state index is 0.0257. The molecule has 2 heterocycles. The van der Waals surface area contributed by atoms with Crippen LogP contribution in [0.3, 0.4) is 0 Å². The van der Waals surface area contributed by atoms with Gasteiger partial charge in [0.1, 0.15) is 5.76 Å². The largest absolute Gasteiger partial charge is 0.507 e. The summed E-state index contributed by atoms with van der Waals surface area (Å²) in [6, 6.07) is 8.29. The minimum atomic E-state index is -0.731. The molecule has 1 fully saturated rings. The number of non-ortho nitro benzene ring substituents is 1. The zero-order chi connectivity index (χ0) is 20.3. The Hall–Kier alpha value is -3.00. The van der Waals surface area contributed by atoms with Crippen LogP contribution in [0.15, 0.2) is 47.4 Å². The van der Waals surface area contributed by atoms with Crippen LogP contribution in [0, 0.1) is 10.1 Å². The lowest BCUT2D eigenvalue weighted by Gasteiger charge is -2.24. The summed E-state index contributed by atoms with van der Waals surface area (Å²) in [4.78, 5) is 38.0. The molecule has 1 saturated heterocycles. The third-order valence-corrected chi connectivity index (χ3v) is 5.63. The highest BCUT2D eigenvalue weighted by atomic mass is 32.1. The fourth-order valence-corrected chi connectivity index (χ4v) is 4.13. The Bertz CT molecular complexity index is 919. The number of thiophene rings is 1. The molecule has 0 aliphatic carbocycles. The molecule has 1 amide bonds. The lowest BCUT2D eigenvalue weighted by molar-refractivity contribution is -0.384. The highest BCUT2D eigenvalue weighted by molar-refractivity contribution is 7.10. The summed E-state index contributed by atoms with van der Waals surface area (Å²) < 4.78 is 0. The number of likely N-dealkylation sites (tertiary alicyclic amines) is 1. The lowest BCUT2D eigenvalue weighted by Crippen LogP contribution is -2.30. The number of ketones is 1. The number of carbonyl (C=O) groups is 2. The van der Waals surface area contributed by atoms with Gasteiger partial charge in [-0.1, -0.05) is 25.8 Å². The molecule has 0 saturated carbocycles. The molecule has 0 spiro atoms. The first-order valence-corrected chi connectivity index (χ1v) is 9.90. The number of hydrogen-bond acceptors (Lipinski definition) is 6. The van der Waals surface area contributed by atoms with Crippen molar-refractivity contribution in [3.63, 3.8) is 0 Å². The second-order valence-electron chi connectivity index (χ2n) is 6.52. The van der Waals surface area contributed by atoms with Gasteiger partial charge in [0.25, 0.3) is 17.4 Å².